The molecule has 0 aliphatic carbocycles. The van der Waals surface area contributed by atoms with Crippen LogP contribution in [0.4, 0.5) is 0 Å². The monoisotopic (exact) mass is 275 g/mol. The number of nitrogens with zero attached hydrogens (tertiary/aromatic N) is 1. The SMILES string of the molecule is COCCN(CCOC)CC(C)(NC(C)C)C(N)=O. The molecule has 1 amide bonds. The summed E-state index contributed by atoms with van der Waals surface area (Å²) in [6.45, 7) is 9.06. The van der Waals surface area contributed by atoms with Crippen LogP contribution >= 0.6 is 0 Å². The Morgan fingerprint density at radius 3 is 2.05 bits per heavy atom. The van der Waals surface area contributed by atoms with Crippen molar-refractivity contribution in [2.45, 2.75) is 32.4 Å². The van der Waals surface area contributed by atoms with Gasteiger partial charge in [0.2, 0.25) is 5.91 Å². The third-order valence-corrected chi connectivity index (χ3v) is 2.91. The van der Waals surface area contributed by atoms with Gasteiger partial charge in [0.25, 0.3) is 0 Å². The highest BCUT2D eigenvalue weighted by atomic mass is 16.5. The molecule has 0 spiro atoms. The lowest BCUT2D eigenvalue weighted by atomic mass is 9.99. The number of carbonyl (C=O) groups is 1. The highest BCUT2D eigenvalue weighted by Gasteiger charge is 2.33. The van der Waals surface area contributed by atoms with E-state index >= 15 is 0 Å². The fourth-order valence-corrected chi connectivity index (χ4v) is 1.99. The summed E-state index contributed by atoms with van der Waals surface area (Å²) < 4.78 is 10.2. The fourth-order valence-electron chi connectivity index (χ4n) is 1.99. The molecule has 0 rings (SSSR count). The van der Waals surface area contributed by atoms with Gasteiger partial charge in [-0.15, -0.1) is 0 Å². The zero-order valence-electron chi connectivity index (χ0n) is 12.9. The van der Waals surface area contributed by atoms with E-state index in [9.17, 15) is 4.79 Å². The minimum Gasteiger partial charge on any atom is -0.383 e. The maximum Gasteiger partial charge on any atom is 0.238 e. The average molecular weight is 275 g/mol. The Kier molecular flexibility index (Phi) is 8.92. The van der Waals surface area contributed by atoms with Crippen molar-refractivity contribution in [3.8, 4) is 0 Å². The van der Waals surface area contributed by atoms with Crippen LogP contribution in [0.3, 0.4) is 0 Å². The lowest BCUT2D eigenvalue weighted by Crippen LogP contribution is -2.61. The van der Waals surface area contributed by atoms with Crippen molar-refractivity contribution in [2.24, 2.45) is 5.73 Å². The smallest absolute Gasteiger partial charge is 0.238 e. The number of amides is 1. The zero-order chi connectivity index (χ0) is 14.9. The number of nitrogens with two attached hydrogens (primary N) is 1. The quantitative estimate of drug-likeness (QED) is 0.547. The molecule has 6 heteroatoms. The van der Waals surface area contributed by atoms with Gasteiger partial charge in [0.15, 0.2) is 0 Å². The number of hydrogen-bond acceptors (Lipinski definition) is 5. The van der Waals surface area contributed by atoms with E-state index in [1.807, 2.05) is 20.8 Å². The molecule has 0 heterocycles. The van der Waals surface area contributed by atoms with E-state index < -0.39 is 5.54 Å². The Hall–Kier alpha value is -0.690. The highest BCUT2D eigenvalue weighted by molar-refractivity contribution is 5.84. The molecule has 0 radical (unpaired) electrons. The normalized spacial score (nSPS) is 14.9. The summed E-state index contributed by atoms with van der Waals surface area (Å²) in [7, 11) is 3.32. The van der Waals surface area contributed by atoms with Crippen LogP contribution in [0.1, 0.15) is 20.8 Å². The van der Waals surface area contributed by atoms with E-state index in [0.29, 0.717) is 19.8 Å². The first-order valence-electron chi connectivity index (χ1n) is 6.63. The molecule has 0 aliphatic rings. The van der Waals surface area contributed by atoms with Crippen molar-refractivity contribution < 1.29 is 14.3 Å². The van der Waals surface area contributed by atoms with Crippen LogP contribution < -0.4 is 11.1 Å². The number of nitrogens with one attached hydrogen (secondary N) is 1. The van der Waals surface area contributed by atoms with Crippen molar-refractivity contribution in [2.75, 3.05) is 47.1 Å². The summed E-state index contributed by atoms with van der Waals surface area (Å²) in [5.41, 5.74) is 4.78. The third-order valence-electron chi connectivity index (χ3n) is 2.91. The van der Waals surface area contributed by atoms with Gasteiger partial charge >= 0.3 is 0 Å². The first-order valence-corrected chi connectivity index (χ1v) is 6.63. The van der Waals surface area contributed by atoms with Crippen LogP contribution in [-0.2, 0) is 14.3 Å². The molecular weight excluding hydrogens is 246 g/mol. The molecular formula is C13H29N3O3. The Balaban J connectivity index is 4.66. The van der Waals surface area contributed by atoms with Gasteiger partial charge in [-0.1, -0.05) is 0 Å². The molecule has 114 valence electrons. The summed E-state index contributed by atoms with van der Waals surface area (Å²) in [5, 5.41) is 3.24. The van der Waals surface area contributed by atoms with Crippen molar-refractivity contribution in [3.63, 3.8) is 0 Å². The Labute approximate surface area is 116 Å². The predicted octanol–water partition coefficient (Wildman–Crippen LogP) is -0.177. The van der Waals surface area contributed by atoms with Crippen LogP contribution in [0, 0.1) is 0 Å². The number of ether oxygens (including phenoxy) is 2. The number of methoxy groups -OCH3 is 2. The largest absolute Gasteiger partial charge is 0.383 e. The maximum absolute atomic E-state index is 11.7. The van der Waals surface area contributed by atoms with E-state index in [1.54, 1.807) is 14.2 Å². The van der Waals surface area contributed by atoms with Crippen LogP contribution in [0.15, 0.2) is 0 Å². The third kappa shape index (κ3) is 7.47. The summed E-state index contributed by atoms with van der Waals surface area (Å²) >= 11 is 0. The van der Waals surface area contributed by atoms with Gasteiger partial charge in [0.05, 0.1) is 13.2 Å². The number of primary amides is 1. The lowest BCUT2D eigenvalue weighted by molar-refractivity contribution is -0.125. The van der Waals surface area contributed by atoms with Crippen LogP contribution in [0.2, 0.25) is 0 Å². The average Bonchev–Trinajstić information content (AvgIpc) is 2.31. The highest BCUT2D eigenvalue weighted by Crippen LogP contribution is 2.08. The van der Waals surface area contributed by atoms with E-state index in [0.717, 1.165) is 13.1 Å². The number of carbonyl (C=O) groups excluding carboxylic acids is 1. The van der Waals surface area contributed by atoms with E-state index in [2.05, 4.69) is 10.2 Å². The molecule has 0 aromatic rings. The first-order chi connectivity index (χ1) is 8.85. The van der Waals surface area contributed by atoms with E-state index in [-0.39, 0.29) is 11.9 Å². The summed E-state index contributed by atoms with van der Waals surface area (Å²) in [5.74, 6) is -0.346. The van der Waals surface area contributed by atoms with Crippen molar-refractivity contribution in [1.29, 1.82) is 0 Å². The molecule has 0 aromatic heterocycles. The molecule has 6 nitrogen and oxygen atoms in total. The molecule has 0 aliphatic heterocycles. The van der Waals surface area contributed by atoms with Crippen molar-refractivity contribution in [1.82, 2.24) is 10.2 Å². The lowest BCUT2D eigenvalue weighted by Gasteiger charge is -2.35. The zero-order valence-corrected chi connectivity index (χ0v) is 12.9. The van der Waals surface area contributed by atoms with Crippen LogP contribution in [0.5, 0.6) is 0 Å². The maximum atomic E-state index is 11.7. The minimum atomic E-state index is -0.754. The van der Waals surface area contributed by atoms with Gasteiger partial charge in [-0.2, -0.15) is 0 Å². The van der Waals surface area contributed by atoms with E-state index in [4.69, 9.17) is 15.2 Å². The van der Waals surface area contributed by atoms with Crippen LogP contribution in [0.25, 0.3) is 0 Å². The molecule has 0 saturated carbocycles. The molecule has 0 bridgehead atoms. The summed E-state index contributed by atoms with van der Waals surface area (Å²) in [4.78, 5) is 13.8. The number of rotatable bonds is 11. The van der Waals surface area contributed by atoms with Crippen molar-refractivity contribution in [3.05, 3.63) is 0 Å². The Morgan fingerprint density at radius 2 is 1.74 bits per heavy atom. The molecule has 19 heavy (non-hydrogen) atoms. The minimum absolute atomic E-state index is 0.184. The van der Waals surface area contributed by atoms with Gasteiger partial charge in [-0.3, -0.25) is 9.69 Å². The second-order valence-electron chi connectivity index (χ2n) is 5.26. The summed E-state index contributed by atoms with van der Waals surface area (Å²) in [6, 6.07) is 0.184. The molecule has 0 saturated heterocycles. The Bertz CT molecular complexity index is 254. The topological polar surface area (TPSA) is 76.8 Å². The molecule has 3 N–H and O–H groups in total. The van der Waals surface area contributed by atoms with Gasteiger partial charge in [0.1, 0.15) is 5.54 Å². The van der Waals surface area contributed by atoms with E-state index in [1.165, 1.54) is 0 Å². The standard InChI is InChI=1S/C13H29N3O3/c1-11(2)15-13(3,12(14)17)10-16(6-8-18-4)7-9-19-5/h11,15H,6-10H2,1-5H3,(H2,14,17). The fraction of sp³-hybridized carbons (Fsp3) is 0.923. The number of hydrogen-bond donors (Lipinski definition) is 2. The van der Waals surface area contributed by atoms with Crippen molar-refractivity contribution >= 4 is 5.91 Å². The molecule has 1 unspecified atom stereocenters. The second-order valence-corrected chi connectivity index (χ2v) is 5.26. The van der Waals surface area contributed by atoms with Gasteiger partial charge < -0.3 is 20.5 Å². The second kappa shape index (κ2) is 9.25. The van der Waals surface area contributed by atoms with Gasteiger partial charge in [0, 0.05) is 39.9 Å². The van der Waals surface area contributed by atoms with Crippen LogP contribution in [-0.4, -0.2) is 69.5 Å². The molecule has 1 atom stereocenters. The van der Waals surface area contributed by atoms with Gasteiger partial charge in [-0.05, 0) is 20.8 Å². The first kappa shape index (κ1) is 18.3. The summed E-state index contributed by atoms with van der Waals surface area (Å²) in [6.07, 6.45) is 0. The predicted molar refractivity (Wildman–Crippen MR) is 76.1 cm³/mol. The Morgan fingerprint density at radius 1 is 1.26 bits per heavy atom. The van der Waals surface area contributed by atoms with Gasteiger partial charge in [-0.25, -0.2) is 0 Å². The molecule has 0 fully saturated rings. The molecule has 0 aromatic carbocycles.